The maximum atomic E-state index is 14.0. The van der Waals surface area contributed by atoms with Crippen molar-refractivity contribution < 1.29 is 22.7 Å². The lowest BCUT2D eigenvalue weighted by Crippen LogP contribution is -2.15. The number of aryl methyl sites for hydroxylation is 1. The first-order valence-electron chi connectivity index (χ1n) is 10.3. The number of hydrogen-bond acceptors (Lipinski definition) is 2. The second-order valence-corrected chi connectivity index (χ2v) is 8.43. The molecule has 0 radical (unpaired) electrons. The summed E-state index contributed by atoms with van der Waals surface area (Å²) >= 11 is 0. The van der Waals surface area contributed by atoms with Gasteiger partial charge in [-0.3, -0.25) is 4.57 Å². The molecule has 0 fully saturated rings. The number of halogens is 4. The molecule has 1 aromatic heterocycles. The molecule has 3 nitrogen and oxygen atoms in total. The lowest BCUT2D eigenvalue weighted by molar-refractivity contribution is -0.137. The molecule has 4 rings (SSSR count). The van der Waals surface area contributed by atoms with Crippen LogP contribution in [-0.4, -0.2) is 14.7 Å². The minimum absolute atomic E-state index is 0.0641. The van der Waals surface area contributed by atoms with E-state index in [2.05, 4.69) is 4.98 Å². The predicted molar refractivity (Wildman–Crippen MR) is 119 cm³/mol. The van der Waals surface area contributed by atoms with Crippen molar-refractivity contribution >= 4 is 0 Å². The van der Waals surface area contributed by atoms with Crippen molar-refractivity contribution in [2.24, 2.45) is 0 Å². The van der Waals surface area contributed by atoms with E-state index < -0.39 is 17.3 Å². The number of rotatable bonds is 4. The summed E-state index contributed by atoms with van der Waals surface area (Å²) in [5.41, 5.74) is 0.525. The van der Waals surface area contributed by atoms with Gasteiger partial charge in [-0.15, -0.1) is 0 Å². The van der Waals surface area contributed by atoms with Crippen molar-refractivity contribution in [3.8, 4) is 28.2 Å². The van der Waals surface area contributed by atoms with Gasteiger partial charge in [0.1, 0.15) is 17.2 Å². The van der Waals surface area contributed by atoms with Gasteiger partial charge in [0.25, 0.3) is 0 Å². The van der Waals surface area contributed by atoms with E-state index in [9.17, 15) is 22.7 Å². The van der Waals surface area contributed by atoms with Gasteiger partial charge >= 0.3 is 6.18 Å². The molecule has 0 saturated carbocycles. The molecule has 0 aliphatic rings. The number of benzene rings is 3. The fourth-order valence-corrected chi connectivity index (χ4v) is 3.57. The Morgan fingerprint density at radius 1 is 0.879 bits per heavy atom. The molecule has 1 heterocycles. The Hall–Kier alpha value is -3.45. The lowest BCUT2D eigenvalue weighted by atomic mass is 10.0. The molecule has 1 N–H and O–H groups in total. The van der Waals surface area contributed by atoms with Crippen LogP contribution in [0.1, 0.15) is 30.7 Å². The minimum atomic E-state index is -4.57. The first kappa shape index (κ1) is 22.7. The fourth-order valence-electron chi connectivity index (χ4n) is 3.57. The van der Waals surface area contributed by atoms with Crippen molar-refractivity contribution in [3.05, 3.63) is 95.6 Å². The van der Waals surface area contributed by atoms with Gasteiger partial charge in [0.15, 0.2) is 0 Å². The minimum Gasteiger partial charge on any atom is -0.384 e. The molecule has 33 heavy (non-hydrogen) atoms. The summed E-state index contributed by atoms with van der Waals surface area (Å²) in [6.07, 6.45) is -3.04. The SMILES string of the molecule is Cc1ccc(-c2ccc(-n3cc(C(C)(C)O)nc3-c3ccccc3C(F)(F)F)cc2)cc1F. The zero-order chi connectivity index (χ0) is 24.0. The van der Waals surface area contributed by atoms with E-state index in [-0.39, 0.29) is 22.9 Å². The number of hydrogen-bond donors (Lipinski definition) is 1. The van der Waals surface area contributed by atoms with Crippen LogP contribution < -0.4 is 0 Å². The summed E-state index contributed by atoms with van der Waals surface area (Å²) < 4.78 is 56.6. The molecule has 7 heteroatoms. The van der Waals surface area contributed by atoms with E-state index in [4.69, 9.17) is 0 Å². The van der Waals surface area contributed by atoms with Crippen molar-refractivity contribution in [2.75, 3.05) is 0 Å². The maximum absolute atomic E-state index is 14.0. The summed E-state index contributed by atoms with van der Waals surface area (Å²) in [5, 5.41) is 10.5. The van der Waals surface area contributed by atoms with Gasteiger partial charge in [0.2, 0.25) is 0 Å². The van der Waals surface area contributed by atoms with Crippen LogP contribution in [0, 0.1) is 12.7 Å². The zero-order valence-corrected chi connectivity index (χ0v) is 18.3. The van der Waals surface area contributed by atoms with Gasteiger partial charge in [0, 0.05) is 17.4 Å². The van der Waals surface area contributed by atoms with Crippen molar-refractivity contribution in [1.82, 2.24) is 9.55 Å². The third kappa shape index (κ3) is 4.54. The quantitative estimate of drug-likeness (QED) is 0.341. The normalized spacial score (nSPS) is 12.2. The van der Waals surface area contributed by atoms with Crippen LogP contribution in [0.2, 0.25) is 0 Å². The highest BCUT2D eigenvalue weighted by Gasteiger charge is 2.35. The van der Waals surface area contributed by atoms with Crippen molar-refractivity contribution in [2.45, 2.75) is 32.5 Å². The molecule has 0 aliphatic heterocycles. The van der Waals surface area contributed by atoms with Gasteiger partial charge < -0.3 is 5.11 Å². The highest BCUT2D eigenvalue weighted by molar-refractivity contribution is 5.68. The Bertz CT molecular complexity index is 1300. The van der Waals surface area contributed by atoms with Crippen LogP contribution in [0.4, 0.5) is 17.6 Å². The third-order valence-electron chi connectivity index (χ3n) is 5.46. The summed E-state index contributed by atoms with van der Waals surface area (Å²) in [4.78, 5) is 4.37. The van der Waals surface area contributed by atoms with Crippen LogP contribution in [0.15, 0.2) is 72.9 Å². The largest absolute Gasteiger partial charge is 0.417 e. The maximum Gasteiger partial charge on any atom is 0.417 e. The average Bonchev–Trinajstić information content (AvgIpc) is 3.21. The molecule has 0 saturated heterocycles. The van der Waals surface area contributed by atoms with E-state index in [0.717, 1.165) is 11.6 Å². The topological polar surface area (TPSA) is 38.0 Å². The van der Waals surface area contributed by atoms with E-state index in [0.29, 0.717) is 16.8 Å². The molecule has 0 atom stereocenters. The molecule has 4 aromatic rings. The van der Waals surface area contributed by atoms with Crippen LogP contribution in [0.25, 0.3) is 28.2 Å². The molecular formula is C26H22F4N2O. The first-order valence-corrected chi connectivity index (χ1v) is 10.3. The number of nitrogens with zero attached hydrogens (tertiary/aromatic N) is 2. The highest BCUT2D eigenvalue weighted by atomic mass is 19.4. The monoisotopic (exact) mass is 454 g/mol. The number of imidazole rings is 1. The summed E-state index contributed by atoms with van der Waals surface area (Å²) in [7, 11) is 0. The van der Waals surface area contributed by atoms with E-state index >= 15 is 0 Å². The standard InChI is InChI=1S/C26H22F4N2O/c1-16-8-9-18(14-22(16)27)17-10-12-19(13-11-17)32-15-23(25(2,3)33)31-24(32)20-6-4-5-7-21(20)26(28,29)30/h4-15,33H,1-3H3. The average molecular weight is 454 g/mol. The summed E-state index contributed by atoms with van der Waals surface area (Å²) in [5.74, 6) is -0.249. The molecule has 3 aromatic carbocycles. The molecule has 0 spiro atoms. The molecule has 0 amide bonds. The Morgan fingerprint density at radius 2 is 1.52 bits per heavy atom. The van der Waals surface area contributed by atoms with Crippen LogP contribution in [0.3, 0.4) is 0 Å². The zero-order valence-electron chi connectivity index (χ0n) is 18.3. The lowest BCUT2D eigenvalue weighted by Gasteiger charge is -2.14. The molecule has 0 aliphatic carbocycles. The fraction of sp³-hybridized carbons (Fsp3) is 0.192. The molecular weight excluding hydrogens is 432 g/mol. The Kier molecular flexibility index (Phi) is 5.62. The van der Waals surface area contributed by atoms with Crippen molar-refractivity contribution in [3.63, 3.8) is 0 Å². The van der Waals surface area contributed by atoms with E-state index in [1.807, 2.05) is 6.07 Å². The van der Waals surface area contributed by atoms with Gasteiger partial charge in [-0.2, -0.15) is 13.2 Å². The molecule has 0 unspecified atom stereocenters. The Balaban J connectivity index is 1.85. The number of aromatic nitrogens is 2. The van der Waals surface area contributed by atoms with Crippen LogP contribution in [0.5, 0.6) is 0 Å². The van der Waals surface area contributed by atoms with Gasteiger partial charge in [-0.05, 0) is 61.7 Å². The van der Waals surface area contributed by atoms with Gasteiger partial charge in [-0.1, -0.05) is 42.5 Å². The Labute approximate surface area is 189 Å². The van der Waals surface area contributed by atoms with E-state index in [1.165, 1.54) is 48.9 Å². The van der Waals surface area contributed by atoms with Gasteiger partial charge in [-0.25, -0.2) is 9.37 Å². The van der Waals surface area contributed by atoms with Crippen LogP contribution >= 0.6 is 0 Å². The number of aliphatic hydroxyl groups is 1. The smallest absolute Gasteiger partial charge is 0.384 e. The first-order chi connectivity index (χ1) is 15.4. The van der Waals surface area contributed by atoms with Crippen LogP contribution in [-0.2, 0) is 11.8 Å². The molecule has 0 bridgehead atoms. The second kappa shape index (κ2) is 8.15. The predicted octanol–water partition coefficient (Wildman–Crippen LogP) is 6.90. The summed E-state index contributed by atoms with van der Waals surface area (Å²) in [6.45, 7) is 4.73. The Morgan fingerprint density at radius 3 is 2.12 bits per heavy atom. The van der Waals surface area contributed by atoms with E-state index in [1.54, 1.807) is 37.3 Å². The summed E-state index contributed by atoms with van der Waals surface area (Å²) in [6, 6.07) is 17.1. The van der Waals surface area contributed by atoms with Gasteiger partial charge in [0.05, 0.1) is 11.3 Å². The third-order valence-corrected chi connectivity index (χ3v) is 5.46. The molecule has 170 valence electrons. The second-order valence-electron chi connectivity index (χ2n) is 8.43. The number of alkyl halides is 3. The van der Waals surface area contributed by atoms with Crippen molar-refractivity contribution in [1.29, 1.82) is 0 Å². The highest BCUT2D eigenvalue weighted by Crippen LogP contribution is 2.38.